The highest BCUT2D eigenvalue weighted by Gasteiger charge is 2.30. The number of alkyl halides is 3. The van der Waals surface area contributed by atoms with Crippen molar-refractivity contribution in [3.05, 3.63) is 74.8 Å². The highest BCUT2D eigenvalue weighted by molar-refractivity contribution is 5.95. The molecule has 0 aromatic heterocycles. The Morgan fingerprint density at radius 1 is 1.16 bits per heavy atom. The van der Waals surface area contributed by atoms with Gasteiger partial charge < -0.3 is 5.32 Å². The summed E-state index contributed by atoms with van der Waals surface area (Å²) in [6.07, 6.45) is -4.42. The minimum absolute atomic E-state index is 0.107. The maximum absolute atomic E-state index is 12.6. The molecule has 0 aliphatic rings. The first-order valence-corrected chi connectivity index (χ1v) is 7.32. The monoisotopic (exact) mass is 352 g/mol. The number of carbonyl (C=O) groups is 1. The summed E-state index contributed by atoms with van der Waals surface area (Å²) in [6, 6.07) is 7.98. The van der Waals surface area contributed by atoms with Gasteiger partial charge >= 0.3 is 6.18 Å². The van der Waals surface area contributed by atoms with Crippen molar-refractivity contribution in [1.82, 2.24) is 5.32 Å². The second-order valence-corrected chi connectivity index (χ2v) is 5.57. The quantitative estimate of drug-likeness (QED) is 0.654. The summed E-state index contributed by atoms with van der Waals surface area (Å²) < 4.78 is 37.7. The molecule has 1 N–H and O–H groups in total. The molecule has 0 heterocycles. The van der Waals surface area contributed by atoms with Crippen LogP contribution in [0.15, 0.2) is 42.5 Å². The van der Waals surface area contributed by atoms with Gasteiger partial charge in [-0.05, 0) is 37.6 Å². The van der Waals surface area contributed by atoms with Crippen LogP contribution in [0.5, 0.6) is 0 Å². The van der Waals surface area contributed by atoms with Crippen LogP contribution >= 0.6 is 0 Å². The zero-order valence-electron chi connectivity index (χ0n) is 13.4. The van der Waals surface area contributed by atoms with Crippen LogP contribution in [0.25, 0.3) is 0 Å². The van der Waals surface area contributed by atoms with Crippen molar-refractivity contribution >= 4 is 11.6 Å². The smallest absolute Gasteiger partial charge is 0.346 e. The molecule has 25 heavy (non-hydrogen) atoms. The number of carbonyl (C=O) groups excluding carboxylic acids is 1. The second kappa shape index (κ2) is 6.92. The van der Waals surface area contributed by atoms with E-state index in [0.29, 0.717) is 11.1 Å². The van der Waals surface area contributed by atoms with E-state index in [1.807, 2.05) is 0 Å². The van der Waals surface area contributed by atoms with Crippen LogP contribution in [0.4, 0.5) is 18.9 Å². The van der Waals surface area contributed by atoms with Crippen LogP contribution in [-0.4, -0.2) is 10.8 Å². The van der Waals surface area contributed by atoms with Gasteiger partial charge in [0.1, 0.15) is 0 Å². The van der Waals surface area contributed by atoms with E-state index >= 15 is 0 Å². The van der Waals surface area contributed by atoms with Crippen molar-refractivity contribution in [2.75, 3.05) is 0 Å². The lowest BCUT2D eigenvalue weighted by Gasteiger charge is -2.15. The fourth-order valence-corrected chi connectivity index (χ4v) is 2.27. The van der Waals surface area contributed by atoms with Gasteiger partial charge in [-0.2, -0.15) is 13.2 Å². The SMILES string of the molecule is Cc1ccc(C(=O)NC(C)c2ccc(C(F)(F)F)cc2)cc1[N+](=O)[O-]. The lowest BCUT2D eigenvalue weighted by molar-refractivity contribution is -0.385. The summed E-state index contributed by atoms with van der Waals surface area (Å²) in [4.78, 5) is 22.6. The standard InChI is InChI=1S/C17H15F3N2O3/c1-10-3-4-13(9-15(10)22(24)25)16(23)21-11(2)12-5-7-14(8-6-12)17(18,19)20/h3-9,11H,1-2H3,(H,21,23). The van der Waals surface area contributed by atoms with Crippen molar-refractivity contribution in [2.24, 2.45) is 0 Å². The molecule has 132 valence electrons. The Morgan fingerprint density at radius 2 is 1.76 bits per heavy atom. The molecule has 2 aromatic carbocycles. The van der Waals surface area contributed by atoms with E-state index in [1.54, 1.807) is 13.8 Å². The minimum Gasteiger partial charge on any atom is -0.346 e. The Labute approximate surface area is 141 Å². The molecule has 0 saturated heterocycles. The summed E-state index contributed by atoms with van der Waals surface area (Å²) in [5.74, 6) is -0.546. The number of benzene rings is 2. The van der Waals surface area contributed by atoms with Gasteiger partial charge in [0.25, 0.3) is 11.6 Å². The summed E-state index contributed by atoms with van der Waals surface area (Å²) in [6.45, 7) is 3.17. The molecule has 0 aliphatic carbocycles. The van der Waals surface area contributed by atoms with Crippen LogP contribution < -0.4 is 5.32 Å². The van der Waals surface area contributed by atoms with E-state index in [1.165, 1.54) is 30.3 Å². The predicted molar refractivity (Wildman–Crippen MR) is 85.2 cm³/mol. The van der Waals surface area contributed by atoms with Crippen LogP contribution in [-0.2, 0) is 6.18 Å². The number of rotatable bonds is 4. The number of aryl methyl sites for hydroxylation is 1. The van der Waals surface area contributed by atoms with Gasteiger partial charge in [-0.3, -0.25) is 14.9 Å². The topological polar surface area (TPSA) is 72.2 Å². The van der Waals surface area contributed by atoms with Crippen LogP contribution in [0, 0.1) is 17.0 Å². The number of nitro benzene ring substituents is 1. The summed E-state index contributed by atoms with van der Waals surface area (Å²) in [7, 11) is 0. The molecular formula is C17H15F3N2O3. The molecule has 1 amide bonds. The van der Waals surface area contributed by atoms with Gasteiger partial charge in [-0.1, -0.05) is 18.2 Å². The molecule has 0 spiro atoms. The highest BCUT2D eigenvalue weighted by atomic mass is 19.4. The van der Waals surface area contributed by atoms with Crippen molar-refractivity contribution in [3.63, 3.8) is 0 Å². The average molecular weight is 352 g/mol. The molecule has 1 atom stereocenters. The number of hydrogen-bond acceptors (Lipinski definition) is 3. The first kappa shape index (κ1) is 18.4. The Kier molecular flexibility index (Phi) is 5.10. The third-order valence-corrected chi connectivity index (χ3v) is 3.75. The van der Waals surface area contributed by atoms with Crippen molar-refractivity contribution < 1.29 is 22.9 Å². The zero-order chi connectivity index (χ0) is 18.8. The molecule has 8 heteroatoms. The maximum atomic E-state index is 12.6. The Balaban J connectivity index is 2.15. The first-order chi connectivity index (χ1) is 11.6. The molecule has 0 fully saturated rings. The van der Waals surface area contributed by atoms with E-state index in [2.05, 4.69) is 5.32 Å². The minimum atomic E-state index is -4.42. The molecule has 0 aliphatic heterocycles. The van der Waals surface area contributed by atoms with Crippen molar-refractivity contribution in [1.29, 1.82) is 0 Å². The fourth-order valence-electron chi connectivity index (χ4n) is 2.27. The number of halogens is 3. The molecule has 5 nitrogen and oxygen atoms in total. The molecule has 2 rings (SSSR count). The van der Waals surface area contributed by atoms with Crippen LogP contribution in [0.3, 0.4) is 0 Å². The van der Waals surface area contributed by atoms with Gasteiger partial charge in [-0.15, -0.1) is 0 Å². The third-order valence-electron chi connectivity index (χ3n) is 3.75. The number of nitro groups is 1. The van der Waals surface area contributed by atoms with E-state index in [9.17, 15) is 28.1 Å². The van der Waals surface area contributed by atoms with Crippen molar-refractivity contribution in [3.8, 4) is 0 Å². The second-order valence-electron chi connectivity index (χ2n) is 5.57. The summed E-state index contributed by atoms with van der Waals surface area (Å²) in [5.41, 5.74) is 0.0788. The average Bonchev–Trinajstić information content (AvgIpc) is 2.54. The number of amides is 1. The molecule has 0 saturated carbocycles. The predicted octanol–water partition coefficient (Wildman–Crippen LogP) is 4.41. The lowest BCUT2D eigenvalue weighted by atomic mass is 10.0. The molecular weight excluding hydrogens is 337 g/mol. The van der Waals surface area contributed by atoms with Gasteiger partial charge in [0, 0.05) is 17.2 Å². The number of hydrogen-bond donors (Lipinski definition) is 1. The van der Waals surface area contributed by atoms with Crippen molar-refractivity contribution in [2.45, 2.75) is 26.1 Å². The maximum Gasteiger partial charge on any atom is 0.416 e. The van der Waals surface area contributed by atoms with E-state index < -0.39 is 28.6 Å². The lowest BCUT2D eigenvalue weighted by Crippen LogP contribution is -2.26. The number of nitrogens with zero attached hydrogens (tertiary/aromatic N) is 1. The zero-order valence-corrected chi connectivity index (χ0v) is 13.4. The highest BCUT2D eigenvalue weighted by Crippen LogP contribution is 2.30. The number of nitrogens with one attached hydrogen (secondary N) is 1. The third kappa shape index (κ3) is 4.34. The van der Waals surface area contributed by atoms with E-state index in [-0.39, 0.29) is 11.3 Å². The van der Waals surface area contributed by atoms with Gasteiger partial charge in [0.05, 0.1) is 16.5 Å². The normalized spacial score (nSPS) is 12.5. The first-order valence-electron chi connectivity index (χ1n) is 7.32. The Morgan fingerprint density at radius 3 is 2.28 bits per heavy atom. The van der Waals surface area contributed by atoms with Gasteiger partial charge in [-0.25, -0.2) is 0 Å². The van der Waals surface area contributed by atoms with Crippen LogP contribution in [0.1, 0.15) is 40.0 Å². The van der Waals surface area contributed by atoms with Crippen LogP contribution in [0.2, 0.25) is 0 Å². The molecule has 1 unspecified atom stereocenters. The molecule has 0 bridgehead atoms. The largest absolute Gasteiger partial charge is 0.416 e. The van der Waals surface area contributed by atoms with Gasteiger partial charge in [0.2, 0.25) is 0 Å². The summed E-state index contributed by atoms with van der Waals surface area (Å²) >= 11 is 0. The van der Waals surface area contributed by atoms with Gasteiger partial charge in [0.15, 0.2) is 0 Å². The molecule has 0 radical (unpaired) electrons. The summed E-state index contributed by atoms with van der Waals surface area (Å²) in [5, 5.41) is 13.5. The van der Waals surface area contributed by atoms with E-state index in [4.69, 9.17) is 0 Å². The van der Waals surface area contributed by atoms with E-state index in [0.717, 1.165) is 12.1 Å². The Bertz CT molecular complexity index is 802. The molecule has 2 aromatic rings. The Hall–Kier alpha value is -2.90. The fraction of sp³-hybridized carbons (Fsp3) is 0.235.